The number of rotatable bonds is 11. The number of carbonyl (C=O) groups is 3. The third kappa shape index (κ3) is 7.83. The molecule has 4 atom stereocenters. The summed E-state index contributed by atoms with van der Waals surface area (Å²) in [5.74, 6) is -4.18. The Kier molecular flexibility index (Phi) is 9.80. The zero-order valence-electron chi connectivity index (χ0n) is 17.4. The molecule has 1 aromatic rings. The molecule has 10 nitrogen and oxygen atoms in total. The van der Waals surface area contributed by atoms with Gasteiger partial charge in [-0.05, 0) is 64.3 Å². The summed E-state index contributed by atoms with van der Waals surface area (Å²) < 4.78 is 27.8. The molecule has 0 spiro atoms. The van der Waals surface area contributed by atoms with Crippen molar-refractivity contribution in [3.05, 3.63) is 35.9 Å². The lowest BCUT2D eigenvalue weighted by atomic mass is 10.1. The quantitative estimate of drug-likeness (QED) is 0.194. The summed E-state index contributed by atoms with van der Waals surface area (Å²) in [5.41, 5.74) is 5.66. The largest absolute Gasteiger partial charge is 0.446 e. The van der Waals surface area contributed by atoms with Crippen LogP contribution in [0.3, 0.4) is 0 Å². The molecule has 3 unspecified atom stereocenters. The maximum Gasteiger partial charge on any atom is 0.368 e. The van der Waals surface area contributed by atoms with Gasteiger partial charge in [0.25, 0.3) is 0 Å². The number of esters is 3. The molecule has 4 N–H and O–H groups in total. The maximum atomic E-state index is 12.7. The number of hydrogen-bond acceptors (Lipinski definition) is 9. The lowest BCUT2D eigenvalue weighted by Crippen LogP contribution is -2.37. The Balaban J connectivity index is 2.02. The number of ether oxygens (including phenoxy) is 2. The van der Waals surface area contributed by atoms with Crippen LogP contribution in [0.5, 0.6) is 0 Å². The number of carbonyl (C=O) groups excluding carboxylic acids is 3. The molecular formula is C20H29N2O8P. The fraction of sp³-hybridized carbons (Fsp3) is 0.550. The Labute approximate surface area is 181 Å². The third-order valence-corrected chi connectivity index (χ3v) is 6.34. The van der Waals surface area contributed by atoms with Gasteiger partial charge in [0.15, 0.2) is 11.9 Å². The summed E-state index contributed by atoms with van der Waals surface area (Å²) in [6.07, 6.45) is 0.802. The number of hydrogen-bond donors (Lipinski definition) is 3. The van der Waals surface area contributed by atoms with Gasteiger partial charge in [-0.15, -0.1) is 0 Å². The van der Waals surface area contributed by atoms with Crippen LogP contribution >= 0.6 is 7.60 Å². The van der Waals surface area contributed by atoms with Gasteiger partial charge in [0.1, 0.15) is 6.04 Å². The zero-order chi connectivity index (χ0) is 22.9. The van der Waals surface area contributed by atoms with Crippen LogP contribution in [0.15, 0.2) is 30.3 Å². The molecule has 11 heteroatoms. The first-order valence-corrected chi connectivity index (χ1v) is 11.8. The Morgan fingerprint density at radius 2 is 1.97 bits per heavy atom. The van der Waals surface area contributed by atoms with Gasteiger partial charge in [0.2, 0.25) is 0 Å². The molecule has 1 saturated heterocycles. The summed E-state index contributed by atoms with van der Waals surface area (Å²) in [5, 5.41) is 2.91. The molecule has 1 aliphatic rings. The maximum absolute atomic E-state index is 12.7. The van der Waals surface area contributed by atoms with Crippen molar-refractivity contribution in [2.24, 2.45) is 5.73 Å². The smallest absolute Gasteiger partial charge is 0.368 e. The summed E-state index contributed by atoms with van der Waals surface area (Å²) >= 11 is 0. The second-order valence-electron chi connectivity index (χ2n) is 7.20. The third-order valence-electron chi connectivity index (χ3n) is 4.75. The highest BCUT2D eigenvalue weighted by Gasteiger charge is 2.39. The van der Waals surface area contributed by atoms with E-state index < -0.39 is 43.5 Å². The summed E-state index contributed by atoms with van der Waals surface area (Å²) in [6.45, 7) is 2.19. The van der Waals surface area contributed by atoms with Gasteiger partial charge in [-0.1, -0.05) is 18.2 Å². The minimum absolute atomic E-state index is 0.0192. The molecule has 172 valence electrons. The topological polar surface area (TPSA) is 154 Å². The predicted molar refractivity (Wildman–Crippen MR) is 111 cm³/mol. The van der Waals surface area contributed by atoms with Gasteiger partial charge >= 0.3 is 25.5 Å². The van der Waals surface area contributed by atoms with Crippen molar-refractivity contribution in [1.29, 1.82) is 0 Å². The van der Waals surface area contributed by atoms with Gasteiger partial charge in [0, 0.05) is 0 Å². The summed E-state index contributed by atoms with van der Waals surface area (Å²) in [4.78, 5) is 47.1. The van der Waals surface area contributed by atoms with Gasteiger partial charge in [-0.2, -0.15) is 0 Å². The fourth-order valence-corrected chi connectivity index (χ4v) is 3.90. The van der Waals surface area contributed by atoms with E-state index >= 15 is 0 Å². The first-order valence-electron chi connectivity index (χ1n) is 10.2. The van der Waals surface area contributed by atoms with Crippen LogP contribution in [0, 0.1) is 0 Å². The molecule has 0 bridgehead atoms. The highest BCUT2D eigenvalue weighted by molar-refractivity contribution is 7.53. The lowest BCUT2D eigenvalue weighted by Gasteiger charge is -2.24. The average molecular weight is 456 g/mol. The lowest BCUT2D eigenvalue weighted by molar-refractivity contribution is -0.166. The van der Waals surface area contributed by atoms with E-state index in [1.165, 1.54) is 19.1 Å². The van der Waals surface area contributed by atoms with Crippen molar-refractivity contribution in [3.63, 3.8) is 0 Å². The van der Waals surface area contributed by atoms with E-state index in [2.05, 4.69) is 5.32 Å². The first kappa shape index (κ1) is 25.2. The van der Waals surface area contributed by atoms with E-state index in [1.54, 1.807) is 18.2 Å². The monoisotopic (exact) mass is 456 g/mol. The van der Waals surface area contributed by atoms with E-state index in [0.29, 0.717) is 32.4 Å². The molecule has 1 aromatic carbocycles. The van der Waals surface area contributed by atoms with Crippen molar-refractivity contribution < 1.29 is 37.8 Å². The molecule has 1 aliphatic heterocycles. The van der Waals surface area contributed by atoms with Crippen LogP contribution in [0.25, 0.3) is 0 Å². The predicted octanol–water partition coefficient (Wildman–Crippen LogP) is 1.71. The van der Waals surface area contributed by atoms with Gasteiger partial charge in [0.05, 0.1) is 5.56 Å². The molecule has 0 aliphatic carbocycles. The summed E-state index contributed by atoms with van der Waals surface area (Å²) in [6, 6.07) is 7.34. The molecule has 0 amide bonds. The average Bonchev–Trinajstić information content (AvgIpc) is 3.28. The van der Waals surface area contributed by atoms with E-state index in [4.69, 9.17) is 19.7 Å². The van der Waals surface area contributed by atoms with E-state index in [0.717, 1.165) is 6.42 Å². The van der Waals surface area contributed by atoms with Crippen molar-refractivity contribution in [3.8, 4) is 0 Å². The molecule has 0 aromatic heterocycles. The standard InChI is InChI=1S/C20H29N2O8P/c1-14(28-18(23)15-8-3-2-4-9-15)31(26,27)30-17(11-5-6-12-21)20(25)29-19(24)16-10-7-13-22-16/h2-4,8-9,14,16-17,22H,5-7,10-13,21H2,1H3,(H,26,27)/t14?,16-,17?/m0/s1. The number of nitrogens with one attached hydrogen (secondary N) is 1. The Morgan fingerprint density at radius 3 is 2.58 bits per heavy atom. The summed E-state index contributed by atoms with van der Waals surface area (Å²) in [7, 11) is -4.59. The van der Waals surface area contributed by atoms with Crippen LogP contribution in [0.2, 0.25) is 0 Å². The molecule has 1 heterocycles. The molecule has 0 radical (unpaired) electrons. The van der Waals surface area contributed by atoms with Crippen LogP contribution in [0.1, 0.15) is 49.4 Å². The molecule has 0 saturated carbocycles. The molecule has 1 fully saturated rings. The minimum atomic E-state index is -4.59. The van der Waals surface area contributed by atoms with E-state index in [1.807, 2.05) is 0 Å². The van der Waals surface area contributed by atoms with Gasteiger partial charge in [-0.25, -0.2) is 14.4 Å². The zero-order valence-corrected chi connectivity index (χ0v) is 18.3. The van der Waals surface area contributed by atoms with Crippen LogP contribution < -0.4 is 11.1 Å². The van der Waals surface area contributed by atoms with Gasteiger partial charge in [-0.3, -0.25) is 9.09 Å². The normalized spacial score (nSPS) is 19.8. The first-order chi connectivity index (χ1) is 14.7. The number of unbranched alkanes of at least 4 members (excludes halogenated alkanes) is 1. The molecular weight excluding hydrogens is 427 g/mol. The van der Waals surface area contributed by atoms with Crippen molar-refractivity contribution in [2.45, 2.75) is 57.0 Å². The highest BCUT2D eigenvalue weighted by atomic mass is 31.2. The number of nitrogens with two attached hydrogens (primary N) is 1. The van der Waals surface area contributed by atoms with Gasteiger partial charge < -0.3 is 25.4 Å². The Morgan fingerprint density at radius 1 is 1.26 bits per heavy atom. The van der Waals surface area contributed by atoms with Crippen LogP contribution in [0.4, 0.5) is 0 Å². The highest BCUT2D eigenvalue weighted by Crippen LogP contribution is 2.50. The van der Waals surface area contributed by atoms with Crippen LogP contribution in [-0.4, -0.2) is 53.9 Å². The van der Waals surface area contributed by atoms with Crippen molar-refractivity contribution >= 4 is 25.5 Å². The second-order valence-corrected chi connectivity index (χ2v) is 9.27. The SMILES string of the molecule is CC(OC(=O)c1ccccc1)P(=O)(O)OC(CCCCN)C(=O)OC(=O)[C@@H]1CCCN1. The second kappa shape index (κ2) is 12.1. The van der Waals surface area contributed by atoms with Crippen molar-refractivity contribution in [2.75, 3.05) is 13.1 Å². The minimum Gasteiger partial charge on any atom is -0.446 e. The fourth-order valence-electron chi connectivity index (χ4n) is 2.94. The molecule has 2 rings (SSSR count). The molecule has 31 heavy (non-hydrogen) atoms. The van der Waals surface area contributed by atoms with E-state index in [-0.39, 0.29) is 12.0 Å². The van der Waals surface area contributed by atoms with Crippen LogP contribution in [-0.2, 0) is 28.2 Å². The van der Waals surface area contributed by atoms with E-state index in [9.17, 15) is 23.8 Å². The number of benzene rings is 1. The Bertz CT molecular complexity index is 798. The van der Waals surface area contributed by atoms with Crippen molar-refractivity contribution in [1.82, 2.24) is 5.32 Å². The Hall–Kier alpha value is -2.10.